The van der Waals surface area contributed by atoms with E-state index in [1.54, 1.807) is 0 Å². The molecule has 0 radical (unpaired) electrons. The Labute approximate surface area is 82.8 Å². The maximum atomic E-state index is 6.13. The van der Waals surface area contributed by atoms with Crippen molar-refractivity contribution in [3.63, 3.8) is 0 Å². The van der Waals surface area contributed by atoms with Crippen molar-refractivity contribution in [3.8, 4) is 0 Å². The molecule has 0 spiro atoms. The molecule has 0 saturated heterocycles. The van der Waals surface area contributed by atoms with E-state index < -0.39 is 0 Å². The Morgan fingerprint density at radius 3 is 2.86 bits per heavy atom. The molecule has 1 aromatic heterocycles. The fraction of sp³-hybridized carbons (Fsp3) is 0.250. The zero-order valence-electron chi connectivity index (χ0n) is 7.90. The molecule has 1 saturated carbocycles. The highest BCUT2D eigenvalue weighted by molar-refractivity contribution is 5.79. The minimum absolute atomic E-state index is 0.0499. The molecule has 1 heterocycles. The average molecular weight is 184 g/mol. The molecule has 1 aliphatic carbocycles. The molecule has 14 heavy (non-hydrogen) atoms. The van der Waals surface area contributed by atoms with E-state index in [1.807, 2.05) is 12.3 Å². The summed E-state index contributed by atoms with van der Waals surface area (Å²) in [5.41, 5.74) is 8.35. The van der Waals surface area contributed by atoms with Crippen LogP contribution in [0.5, 0.6) is 0 Å². The Balaban J connectivity index is 2.20. The number of hydrogen-bond donors (Lipinski definition) is 1. The van der Waals surface area contributed by atoms with Crippen LogP contribution in [0.4, 0.5) is 0 Å². The highest BCUT2D eigenvalue weighted by atomic mass is 14.8. The van der Waals surface area contributed by atoms with Gasteiger partial charge in [-0.25, -0.2) is 0 Å². The van der Waals surface area contributed by atoms with E-state index in [0.717, 1.165) is 18.4 Å². The van der Waals surface area contributed by atoms with Crippen LogP contribution in [-0.2, 0) is 5.54 Å². The van der Waals surface area contributed by atoms with Crippen molar-refractivity contribution >= 4 is 10.9 Å². The maximum Gasteiger partial charge on any atom is 0.0705 e. The van der Waals surface area contributed by atoms with Crippen molar-refractivity contribution in [3.05, 3.63) is 42.1 Å². The normalized spacial score (nSPS) is 18.4. The van der Waals surface area contributed by atoms with Crippen LogP contribution in [0.15, 0.2) is 36.5 Å². The van der Waals surface area contributed by atoms with E-state index in [1.165, 1.54) is 10.9 Å². The molecule has 2 N–H and O–H groups in total. The highest BCUT2D eigenvalue weighted by Crippen LogP contribution is 2.43. The molecular weight excluding hydrogens is 172 g/mol. The summed E-state index contributed by atoms with van der Waals surface area (Å²) in [6.45, 7) is 0. The lowest BCUT2D eigenvalue weighted by atomic mass is 10.0. The molecule has 0 bridgehead atoms. The topological polar surface area (TPSA) is 38.9 Å². The molecule has 1 fully saturated rings. The van der Waals surface area contributed by atoms with Gasteiger partial charge in [0.25, 0.3) is 0 Å². The Morgan fingerprint density at radius 2 is 2.07 bits per heavy atom. The predicted octanol–water partition coefficient (Wildman–Crippen LogP) is 2.18. The lowest BCUT2D eigenvalue weighted by molar-refractivity contribution is 0.741. The summed E-state index contributed by atoms with van der Waals surface area (Å²) in [5.74, 6) is 0. The van der Waals surface area contributed by atoms with E-state index in [2.05, 4.69) is 29.2 Å². The van der Waals surface area contributed by atoms with E-state index in [0.29, 0.717) is 0 Å². The molecule has 2 aromatic rings. The van der Waals surface area contributed by atoms with Crippen LogP contribution in [0.1, 0.15) is 18.4 Å². The molecule has 0 atom stereocenters. The zero-order valence-corrected chi connectivity index (χ0v) is 7.90. The van der Waals surface area contributed by atoms with Crippen LogP contribution in [0, 0.1) is 0 Å². The Kier molecular flexibility index (Phi) is 1.45. The summed E-state index contributed by atoms with van der Waals surface area (Å²) >= 11 is 0. The lowest BCUT2D eigenvalue weighted by Gasteiger charge is -2.09. The molecule has 70 valence electrons. The Morgan fingerprint density at radius 1 is 1.21 bits per heavy atom. The molecule has 1 aliphatic rings. The molecule has 0 aliphatic heterocycles. The van der Waals surface area contributed by atoms with Crippen LogP contribution in [0.3, 0.4) is 0 Å². The van der Waals surface area contributed by atoms with Crippen LogP contribution in [0.25, 0.3) is 10.9 Å². The number of aromatic nitrogens is 1. The summed E-state index contributed by atoms with van der Waals surface area (Å²) in [6.07, 6.45) is 4.03. The first kappa shape index (κ1) is 7.94. The standard InChI is InChI=1S/C12H12N2/c13-12(5-6-12)10-4-3-9-2-1-7-14-11(9)8-10/h1-4,7-8H,5-6,13H2. The van der Waals surface area contributed by atoms with Crippen LogP contribution < -0.4 is 5.73 Å². The monoisotopic (exact) mass is 184 g/mol. The number of rotatable bonds is 1. The lowest BCUT2D eigenvalue weighted by Crippen LogP contribution is -2.18. The second-order valence-electron chi connectivity index (χ2n) is 4.07. The number of nitrogens with zero attached hydrogens (tertiary/aromatic N) is 1. The van der Waals surface area contributed by atoms with Gasteiger partial charge in [0.1, 0.15) is 0 Å². The second-order valence-corrected chi connectivity index (χ2v) is 4.07. The Hall–Kier alpha value is -1.41. The zero-order chi connectivity index (χ0) is 9.60. The number of benzene rings is 1. The van der Waals surface area contributed by atoms with Gasteiger partial charge in [0.2, 0.25) is 0 Å². The number of pyridine rings is 1. The van der Waals surface area contributed by atoms with E-state index >= 15 is 0 Å². The van der Waals surface area contributed by atoms with Gasteiger partial charge in [-0.3, -0.25) is 4.98 Å². The van der Waals surface area contributed by atoms with Crippen molar-refractivity contribution in [2.45, 2.75) is 18.4 Å². The smallest absolute Gasteiger partial charge is 0.0705 e. The van der Waals surface area contributed by atoms with Crippen molar-refractivity contribution in [1.29, 1.82) is 0 Å². The van der Waals surface area contributed by atoms with Crippen LogP contribution in [0.2, 0.25) is 0 Å². The van der Waals surface area contributed by atoms with E-state index in [-0.39, 0.29) is 5.54 Å². The molecular formula is C12H12N2. The second kappa shape index (κ2) is 2.55. The molecule has 2 heteroatoms. The predicted molar refractivity (Wildman–Crippen MR) is 56.8 cm³/mol. The van der Waals surface area contributed by atoms with Gasteiger partial charge in [0.05, 0.1) is 5.52 Å². The van der Waals surface area contributed by atoms with Gasteiger partial charge in [-0.15, -0.1) is 0 Å². The van der Waals surface area contributed by atoms with Gasteiger partial charge in [-0.2, -0.15) is 0 Å². The number of fused-ring (bicyclic) bond motifs is 1. The molecule has 0 amide bonds. The van der Waals surface area contributed by atoms with Gasteiger partial charge in [0.15, 0.2) is 0 Å². The van der Waals surface area contributed by atoms with Gasteiger partial charge < -0.3 is 5.73 Å². The Bertz CT molecular complexity index is 486. The quantitative estimate of drug-likeness (QED) is 0.737. The van der Waals surface area contributed by atoms with Gasteiger partial charge in [-0.05, 0) is 30.5 Å². The van der Waals surface area contributed by atoms with Gasteiger partial charge in [0, 0.05) is 17.1 Å². The molecule has 2 nitrogen and oxygen atoms in total. The summed E-state index contributed by atoms with van der Waals surface area (Å²) in [5, 5.41) is 1.18. The highest BCUT2D eigenvalue weighted by Gasteiger charge is 2.39. The van der Waals surface area contributed by atoms with E-state index in [4.69, 9.17) is 5.73 Å². The SMILES string of the molecule is NC1(c2ccc3cccnc3c2)CC1. The first-order chi connectivity index (χ1) is 6.78. The van der Waals surface area contributed by atoms with Gasteiger partial charge >= 0.3 is 0 Å². The molecule has 1 aromatic carbocycles. The fourth-order valence-electron chi connectivity index (χ4n) is 1.80. The molecule has 0 unspecified atom stereocenters. The largest absolute Gasteiger partial charge is 0.321 e. The van der Waals surface area contributed by atoms with Crippen molar-refractivity contribution in [1.82, 2.24) is 4.98 Å². The minimum atomic E-state index is -0.0499. The summed E-state index contributed by atoms with van der Waals surface area (Å²) in [7, 11) is 0. The number of nitrogens with two attached hydrogens (primary N) is 1. The first-order valence-corrected chi connectivity index (χ1v) is 4.92. The van der Waals surface area contributed by atoms with Crippen molar-refractivity contribution in [2.24, 2.45) is 5.73 Å². The summed E-state index contributed by atoms with van der Waals surface area (Å²) < 4.78 is 0. The third-order valence-electron chi connectivity index (χ3n) is 2.97. The van der Waals surface area contributed by atoms with Crippen LogP contribution >= 0.6 is 0 Å². The first-order valence-electron chi connectivity index (χ1n) is 4.92. The fourth-order valence-corrected chi connectivity index (χ4v) is 1.80. The third kappa shape index (κ3) is 1.11. The van der Waals surface area contributed by atoms with Crippen molar-refractivity contribution in [2.75, 3.05) is 0 Å². The average Bonchev–Trinajstić information content (AvgIpc) is 2.97. The van der Waals surface area contributed by atoms with Crippen LogP contribution in [-0.4, -0.2) is 4.98 Å². The minimum Gasteiger partial charge on any atom is -0.321 e. The summed E-state index contributed by atoms with van der Waals surface area (Å²) in [4.78, 5) is 4.33. The third-order valence-corrected chi connectivity index (χ3v) is 2.97. The number of hydrogen-bond acceptors (Lipinski definition) is 2. The van der Waals surface area contributed by atoms with Gasteiger partial charge in [-0.1, -0.05) is 18.2 Å². The maximum absolute atomic E-state index is 6.13. The molecule has 3 rings (SSSR count). The van der Waals surface area contributed by atoms with Crippen molar-refractivity contribution < 1.29 is 0 Å². The summed E-state index contributed by atoms with van der Waals surface area (Å²) in [6, 6.07) is 10.4. The van der Waals surface area contributed by atoms with E-state index in [9.17, 15) is 0 Å².